The number of rotatable bonds is 8. The molecule has 0 aromatic heterocycles. The summed E-state index contributed by atoms with van der Waals surface area (Å²) in [4.78, 5) is 11.5. The average Bonchev–Trinajstić information content (AvgIpc) is 2.52. The molecule has 0 radical (unpaired) electrons. The van der Waals surface area contributed by atoms with Gasteiger partial charge in [0.05, 0.1) is 13.2 Å². The van der Waals surface area contributed by atoms with E-state index < -0.39 is 0 Å². The molecule has 0 saturated carbocycles. The predicted octanol–water partition coefficient (Wildman–Crippen LogP) is 2.10. The Morgan fingerprint density at radius 3 is 1.32 bits per heavy atom. The summed E-state index contributed by atoms with van der Waals surface area (Å²) in [7, 11) is 2.10. The molecule has 22 heavy (non-hydrogen) atoms. The summed E-state index contributed by atoms with van der Waals surface area (Å²) in [6.45, 7) is 2.65. The predicted molar refractivity (Wildman–Crippen MR) is 86.0 cm³/mol. The monoisotopic (exact) mass is 301 g/mol. The van der Waals surface area contributed by atoms with Crippen molar-refractivity contribution in [3.05, 3.63) is 70.8 Å². The van der Waals surface area contributed by atoms with Crippen molar-refractivity contribution >= 4 is 0 Å². The molecule has 0 heterocycles. The third-order valence-corrected chi connectivity index (χ3v) is 3.45. The largest absolute Gasteiger partial charge is 0.300 e. The van der Waals surface area contributed by atoms with Crippen molar-refractivity contribution < 1.29 is 9.68 Å². The Bertz CT molecular complexity index is 504. The van der Waals surface area contributed by atoms with Crippen molar-refractivity contribution in [2.75, 3.05) is 7.05 Å². The zero-order valence-electron chi connectivity index (χ0n) is 12.9. The summed E-state index contributed by atoms with van der Waals surface area (Å²) in [5, 5.41) is 0. The number of hydrogen-bond acceptors (Lipinski definition) is 5. The Labute approximate surface area is 131 Å². The van der Waals surface area contributed by atoms with Crippen molar-refractivity contribution in [1.82, 2.24) is 4.90 Å². The van der Waals surface area contributed by atoms with Crippen LogP contribution in [0.3, 0.4) is 0 Å². The average molecular weight is 301 g/mol. The minimum atomic E-state index is 0.439. The summed E-state index contributed by atoms with van der Waals surface area (Å²) >= 11 is 0. The summed E-state index contributed by atoms with van der Waals surface area (Å²) < 4.78 is 0. The molecule has 0 spiro atoms. The highest BCUT2D eigenvalue weighted by Gasteiger charge is 2.03. The standard InChI is InChI=1S/C17H23N3O2/c1-20(10-14-2-6-16(7-3-14)12-21-18)11-15-4-8-17(9-5-15)13-22-19/h2-9H,10-13,18-19H2,1H3. The molecule has 0 aliphatic rings. The normalized spacial score (nSPS) is 11.1. The second-order valence-corrected chi connectivity index (χ2v) is 5.43. The quantitative estimate of drug-likeness (QED) is 0.730. The first kappa shape index (κ1) is 16.6. The van der Waals surface area contributed by atoms with Crippen LogP contribution < -0.4 is 11.8 Å². The smallest absolute Gasteiger partial charge is 0.0930 e. The molecular weight excluding hydrogens is 278 g/mol. The van der Waals surface area contributed by atoms with Gasteiger partial charge in [-0.05, 0) is 29.3 Å². The lowest BCUT2D eigenvalue weighted by atomic mass is 10.1. The van der Waals surface area contributed by atoms with Crippen LogP contribution in [0.1, 0.15) is 22.3 Å². The van der Waals surface area contributed by atoms with E-state index in [-0.39, 0.29) is 0 Å². The van der Waals surface area contributed by atoms with Crippen LogP contribution in [0.4, 0.5) is 0 Å². The van der Waals surface area contributed by atoms with Gasteiger partial charge < -0.3 is 0 Å². The van der Waals surface area contributed by atoms with Crippen LogP contribution in [0.25, 0.3) is 0 Å². The van der Waals surface area contributed by atoms with Gasteiger partial charge >= 0.3 is 0 Å². The molecular formula is C17H23N3O2. The Balaban J connectivity index is 1.87. The molecule has 4 N–H and O–H groups in total. The molecule has 0 bridgehead atoms. The Hall–Kier alpha value is -1.76. The lowest BCUT2D eigenvalue weighted by Crippen LogP contribution is -2.17. The van der Waals surface area contributed by atoms with Crippen LogP contribution in [-0.2, 0) is 36.0 Å². The fourth-order valence-corrected chi connectivity index (χ4v) is 2.35. The van der Waals surface area contributed by atoms with Gasteiger partial charge in [0.15, 0.2) is 0 Å². The fourth-order valence-electron chi connectivity index (χ4n) is 2.35. The molecule has 5 nitrogen and oxygen atoms in total. The van der Waals surface area contributed by atoms with Crippen molar-refractivity contribution in [1.29, 1.82) is 0 Å². The molecule has 0 saturated heterocycles. The molecule has 0 amide bonds. The van der Waals surface area contributed by atoms with E-state index in [0.29, 0.717) is 13.2 Å². The van der Waals surface area contributed by atoms with Gasteiger partial charge in [0.2, 0.25) is 0 Å². The number of benzene rings is 2. The summed E-state index contributed by atoms with van der Waals surface area (Å²) in [6.07, 6.45) is 0. The van der Waals surface area contributed by atoms with Crippen molar-refractivity contribution in [2.45, 2.75) is 26.3 Å². The molecule has 2 aromatic carbocycles. The SMILES string of the molecule is CN(Cc1ccc(CON)cc1)Cc1ccc(CON)cc1. The fraction of sp³-hybridized carbons (Fsp3) is 0.294. The first-order valence-corrected chi connectivity index (χ1v) is 7.19. The second kappa shape index (κ2) is 8.63. The van der Waals surface area contributed by atoms with Gasteiger partial charge in [-0.15, -0.1) is 0 Å². The minimum Gasteiger partial charge on any atom is -0.300 e. The van der Waals surface area contributed by atoms with Gasteiger partial charge in [0.1, 0.15) is 0 Å². The molecule has 0 aliphatic heterocycles. The van der Waals surface area contributed by atoms with E-state index in [1.807, 2.05) is 24.3 Å². The third-order valence-electron chi connectivity index (χ3n) is 3.45. The highest BCUT2D eigenvalue weighted by molar-refractivity contribution is 5.23. The van der Waals surface area contributed by atoms with Crippen LogP contribution in [0, 0.1) is 0 Å². The molecule has 0 atom stereocenters. The van der Waals surface area contributed by atoms with E-state index in [9.17, 15) is 0 Å². The Morgan fingerprint density at radius 2 is 1.00 bits per heavy atom. The summed E-state index contributed by atoms with van der Waals surface area (Å²) in [5.74, 6) is 10.1. The molecule has 2 rings (SSSR count). The third kappa shape index (κ3) is 5.22. The highest BCUT2D eigenvalue weighted by atomic mass is 16.6. The van der Waals surface area contributed by atoms with E-state index in [1.165, 1.54) is 11.1 Å². The van der Waals surface area contributed by atoms with E-state index in [4.69, 9.17) is 11.8 Å². The van der Waals surface area contributed by atoms with Gasteiger partial charge in [0, 0.05) is 13.1 Å². The zero-order chi connectivity index (χ0) is 15.8. The molecule has 5 heteroatoms. The maximum Gasteiger partial charge on any atom is 0.0930 e. The Morgan fingerprint density at radius 1 is 0.682 bits per heavy atom. The Kier molecular flexibility index (Phi) is 6.51. The van der Waals surface area contributed by atoms with Crippen molar-refractivity contribution in [3.8, 4) is 0 Å². The maximum atomic E-state index is 5.07. The summed E-state index contributed by atoms with van der Waals surface area (Å²) in [6, 6.07) is 16.6. The van der Waals surface area contributed by atoms with Crippen LogP contribution in [-0.4, -0.2) is 11.9 Å². The highest BCUT2D eigenvalue weighted by Crippen LogP contribution is 2.11. The lowest BCUT2D eigenvalue weighted by molar-refractivity contribution is 0.124. The van der Waals surface area contributed by atoms with E-state index in [1.54, 1.807) is 0 Å². The number of nitrogens with zero attached hydrogens (tertiary/aromatic N) is 1. The van der Waals surface area contributed by atoms with Crippen LogP contribution in [0.2, 0.25) is 0 Å². The number of nitrogens with two attached hydrogens (primary N) is 2. The molecule has 0 aliphatic carbocycles. The van der Waals surface area contributed by atoms with Crippen LogP contribution in [0.5, 0.6) is 0 Å². The van der Waals surface area contributed by atoms with Gasteiger partial charge in [-0.2, -0.15) is 0 Å². The van der Waals surface area contributed by atoms with Gasteiger partial charge in [-0.3, -0.25) is 14.6 Å². The van der Waals surface area contributed by atoms with E-state index in [0.717, 1.165) is 24.2 Å². The molecule has 2 aromatic rings. The lowest BCUT2D eigenvalue weighted by Gasteiger charge is -2.17. The van der Waals surface area contributed by atoms with Gasteiger partial charge in [-0.25, -0.2) is 11.8 Å². The first-order chi connectivity index (χ1) is 10.7. The number of hydrogen-bond donors (Lipinski definition) is 2. The van der Waals surface area contributed by atoms with Crippen molar-refractivity contribution in [3.63, 3.8) is 0 Å². The maximum absolute atomic E-state index is 5.07. The molecule has 118 valence electrons. The van der Waals surface area contributed by atoms with Crippen LogP contribution in [0.15, 0.2) is 48.5 Å². The topological polar surface area (TPSA) is 73.7 Å². The van der Waals surface area contributed by atoms with Crippen molar-refractivity contribution in [2.24, 2.45) is 11.8 Å². The van der Waals surface area contributed by atoms with Gasteiger partial charge in [0.25, 0.3) is 0 Å². The van der Waals surface area contributed by atoms with Crippen LogP contribution >= 0.6 is 0 Å². The minimum absolute atomic E-state index is 0.439. The zero-order valence-corrected chi connectivity index (χ0v) is 12.9. The molecule has 0 unspecified atom stereocenters. The van der Waals surface area contributed by atoms with Gasteiger partial charge in [-0.1, -0.05) is 48.5 Å². The summed E-state index contributed by atoms with van der Waals surface area (Å²) in [5.41, 5.74) is 4.67. The second-order valence-electron chi connectivity index (χ2n) is 5.43. The van der Waals surface area contributed by atoms with E-state index in [2.05, 4.69) is 45.9 Å². The first-order valence-electron chi connectivity index (χ1n) is 7.19. The molecule has 0 fully saturated rings. The van der Waals surface area contributed by atoms with E-state index >= 15 is 0 Å².